The molecule has 1 aromatic carbocycles. The molecule has 0 N–H and O–H groups in total. The molecule has 0 amide bonds. The van der Waals surface area contributed by atoms with Crippen LogP contribution in [0.15, 0.2) is 18.2 Å². The molecule has 0 aliphatic rings. The summed E-state index contributed by atoms with van der Waals surface area (Å²) in [5.41, 5.74) is -0.0505. The van der Waals surface area contributed by atoms with E-state index in [1.165, 1.54) is 12.1 Å². The summed E-state index contributed by atoms with van der Waals surface area (Å²) >= 11 is 5.59. The van der Waals surface area contributed by atoms with Crippen LogP contribution in [-0.2, 0) is 0 Å². The van der Waals surface area contributed by atoms with Crippen molar-refractivity contribution >= 4 is 17.4 Å². The minimum Gasteiger partial charge on any atom is -0.293 e. The van der Waals surface area contributed by atoms with E-state index in [-0.39, 0.29) is 12.0 Å². The largest absolute Gasteiger partial charge is 0.293 e. The van der Waals surface area contributed by atoms with Crippen molar-refractivity contribution in [2.75, 3.05) is 0 Å². The van der Waals surface area contributed by atoms with Gasteiger partial charge in [-0.25, -0.2) is 4.39 Å². The normalized spacial score (nSPS) is 9.31. The van der Waals surface area contributed by atoms with E-state index in [4.69, 9.17) is 18.0 Å². The first-order valence-corrected chi connectivity index (χ1v) is 3.94. The SMILES string of the molecule is C#CCC(=O)c1cc(Cl)ccc1F. The van der Waals surface area contributed by atoms with Gasteiger partial charge in [-0.15, -0.1) is 6.42 Å². The van der Waals surface area contributed by atoms with Crippen LogP contribution < -0.4 is 0 Å². The maximum absolute atomic E-state index is 13.0. The van der Waals surface area contributed by atoms with Crippen LogP contribution in [0.3, 0.4) is 0 Å². The molecule has 1 nitrogen and oxygen atoms in total. The molecule has 0 saturated heterocycles. The van der Waals surface area contributed by atoms with Crippen LogP contribution >= 0.6 is 11.6 Å². The lowest BCUT2D eigenvalue weighted by Crippen LogP contribution is -2.00. The van der Waals surface area contributed by atoms with Crippen molar-refractivity contribution in [3.05, 3.63) is 34.6 Å². The molecule has 66 valence electrons. The molecule has 0 unspecified atom stereocenters. The average Bonchev–Trinajstić information content (AvgIpc) is 2.09. The van der Waals surface area contributed by atoms with E-state index in [2.05, 4.69) is 5.92 Å². The summed E-state index contributed by atoms with van der Waals surface area (Å²) in [6.45, 7) is 0. The van der Waals surface area contributed by atoms with Gasteiger partial charge in [0.15, 0.2) is 5.78 Å². The monoisotopic (exact) mass is 196 g/mol. The van der Waals surface area contributed by atoms with Gasteiger partial charge in [-0.05, 0) is 18.2 Å². The predicted octanol–water partition coefficient (Wildman–Crippen LogP) is 2.69. The Bertz CT molecular complexity index is 379. The first kappa shape index (κ1) is 9.76. The topological polar surface area (TPSA) is 17.1 Å². The number of hydrogen-bond acceptors (Lipinski definition) is 1. The van der Waals surface area contributed by atoms with Crippen molar-refractivity contribution in [2.24, 2.45) is 0 Å². The van der Waals surface area contributed by atoms with Crippen LogP contribution in [0.2, 0.25) is 5.02 Å². The second-order valence-corrected chi connectivity index (χ2v) is 2.86. The summed E-state index contributed by atoms with van der Waals surface area (Å²) in [5, 5.41) is 0.321. The van der Waals surface area contributed by atoms with Crippen LogP contribution in [0.1, 0.15) is 16.8 Å². The fraction of sp³-hybridized carbons (Fsp3) is 0.100. The van der Waals surface area contributed by atoms with Gasteiger partial charge in [0.2, 0.25) is 0 Å². The van der Waals surface area contributed by atoms with Crippen molar-refractivity contribution < 1.29 is 9.18 Å². The zero-order valence-corrected chi connectivity index (χ0v) is 7.44. The Labute approximate surface area is 80.5 Å². The van der Waals surface area contributed by atoms with Gasteiger partial charge in [0.25, 0.3) is 0 Å². The molecule has 0 bridgehead atoms. The number of Topliss-reactive ketones (excluding diaryl/α,β-unsaturated/α-hetero) is 1. The second-order valence-electron chi connectivity index (χ2n) is 2.43. The van der Waals surface area contributed by atoms with Crippen LogP contribution in [-0.4, -0.2) is 5.78 Å². The van der Waals surface area contributed by atoms with Crippen LogP contribution in [0.25, 0.3) is 0 Å². The number of carbonyl (C=O) groups excluding carboxylic acids is 1. The summed E-state index contributed by atoms with van der Waals surface area (Å²) in [5.74, 6) is 1.13. The van der Waals surface area contributed by atoms with Gasteiger partial charge in [-0.3, -0.25) is 4.79 Å². The molecule has 0 aliphatic carbocycles. The quantitative estimate of drug-likeness (QED) is 0.525. The van der Waals surface area contributed by atoms with Crippen LogP contribution in [0, 0.1) is 18.2 Å². The van der Waals surface area contributed by atoms with Gasteiger partial charge in [0, 0.05) is 5.02 Å². The van der Waals surface area contributed by atoms with Gasteiger partial charge in [0.1, 0.15) is 5.82 Å². The lowest BCUT2D eigenvalue weighted by atomic mass is 10.1. The Balaban J connectivity index is 3.07. The van der Waals surface area contributed by atoms with E-state index in [1.54, 1.807) is 0 Å². The first-order valence-electron chi connectivity index (χ1n) is 3.57. The molecule has 0 heterocycles. The minimum absolute atomic E-state index is 0.0505. The van der Waals surface area contributed by atoms with E-state index < -0.39 is 11.6 Å². The summed E-state index contributed by atoms with van der Waals surface area (Å²) in [6, 6.07) is 3.80. The highest BCUT2D eigenvalue weighted by Crippen LogP contribution is 2.16. The highest BCUT2D eigenvalue weighted by atomic mass is 35.5. The van der Waals surface area contributed by atoms with Gasteiger partial charge >= 0.3 is 0 Å². The molecule has 0 radical (unpaired) electrons. The Morgan fingerprint density at radius 3 is 2.92 bits per heavy atom. The lowest BCUT2D eigenvalue weighted by Gasteiger charge is -1.99. The highest BCUT2D eigenvalue weighted by molar-refractivity contribution is 6.31. The standard InChI is InChI=1S/C10H6ClFO/c1-2-3-10(13)8-6-7(11)4-5-9(8)12/h1,4-6H,3H2. The third kappa shape index (κ3) is 2.30. The van der Waals surface area contributed by atoms with Gasteiger partial charge in [-0.1, -0.05) is 17.5 Å². The maximum atomic E-state index is 13.0. The molecular weight excluding hydrogens is 191 g/mol. The molecule has 0 atom stereocenters. The summed E-state index contributed by atoms with van der Waals surface area (Å²) in [7, 11) is 0. The van der Waals surface area contributed by atoms with Crippen molar-refractivity contribution in [3.63, 3.8) is 0 Å². The molecule has 1 aromatic rings. The Kier molecular flexibility index (Phi) is 3.05. The number of ketones is 1. The van der Waals surface area contributed by atoms with E-state index >= 15 is 0 Å². The maximum Gasteiger partial charge on any atom is 0.177 e. The zero-order valence-electron chi connectivity index (χ0n) is 6.68. The third-order valence-corrected chi connectivity index (χ3v) is 1.73. The predicted molar refractivity (Wildman–Crippen MR) is 49.2 cm³/mol. The molecule has 0 aromatic heterocycles. The number of benzene rings is 1. The summed E-state index contributed by atoms with van der Waals surface area (Å²) in [4.78, 5) is 11.2. The molecule has 3 heteroatoms. The number of hydrogen-bond donors (Lipinski definition) is 0. The first-order chi connectivity index (χ1) is 6.15. The number of terminal acetylenes is 1. The number of halogens is 2. The fourth-order valence-electron chi connectivity index (χ4n) is 0.899. The van der Waals surface area contributed by atoms with Gasteiger partial charge < -0.3 is 0 Å². The molecule has 1 rings (SSSR count). The molecular formula is C10H6ClFO. The summed E-state index contributed by atoms with van der Waals surface area (Å²) < 4.78 is 13.0. The average molecular weight is 197 g/mol. The third-order valence-electron chi connectivity index (χ3n) is 1.49. The lowest BCUT2D eigenvalue weighted by molar-refractivity contribution is 0.0994. The van der Waals surface area contributed by atoms with Gasteiger partial charge in [0.05, 0.1) is 12.0 Å². The number of rotatable bonds is 2. The van der Waals surface area contributed by atoms with Gasteiger partial charge in [-0.2, -0.15) is 0 Å². The van der Waals surface area contributed by atoms with E-state index in [9.17, 15) is 9.18 Å². The van der Waals surface area contributed by atoms with E-state index in [0.717, 1.165) is 6.07 Å². The fourth-order valence-corrected chi connectivity index (χ4v) is 1.07. The molecule has 13 heavy (non-hydrogen) atoms. The van der Waals surface area contributed by atoms with Crippen molar-refractivity contribution in [3.8, 4) is 12.3 Å². The van der Waals surface area contributed by atoms with Crippen LogP contribution in [0.4, 0.5) is 4.39 Å². The molecule has 0 fully saturated rings. The van der Waals surface area contributed by atoms with Crippen molar-refractivity contribution in [2.45, 2.75) is 6.42 Å². The smallest absolute Gasteiger partial charge is 0.177 e. The number of carbonyl (C=O) groups is 1. The van der Waals surface area contributed by atoms with Crippen molar-refractivity contribution in [1.29, 1.82) is 0 Å². The van der Waals surface area contributed by atoms with Crippen LogP contribution in [0.5, 0.6) is 0 Å². The zero-order chi connectivity index (χ0) is 9.84. The molecule has 0 aliphatic heterocycles. The Morgan fingerprint density at radius 1 is 1.62 bits per heavy atom. The summed E-state index contributed by atoms with van der Waals surface area (Å²) in [6.07, 6.45) is 4.81. The molecule has 0 saturated carbocycles. The van der Waals surface area contributed by atoms with E-state index in [1.807, 2.05) is 0 Å². The Hall–Kier alpha value is -1.33. The second kappa shape index (κ2) is 4.06. The minimum atomic E-state index is -0.593. The van der Waals surface area contributed by atoms with E-state index in [0.29, 0.717) is 5.02 Å². The molecule has 0 spiro atoms. The van der Waals surface area contributed by atoms with Crippen molar-refractivity contribution in [1.82, 2.24) is 0 Å². The Morgan fingerprint density at radius 2 is 2.31 bits per heavy atom. The highest BCUT2D eigenvalue weighted by Gasteiger charge is 2.10.